The molecule has 3 aromatic rings. The standard InChI is InChI=1S/C21H16BrNO2/c1-14-6-5-9-16(12-14)21(25)23-19-11-10-17(22)13-18(19)20(24)15-7-3-2-4-8-15/h2-13H,1H3,(H,23,25). The summed E-state index contributed by atoms with van der Waals surface area (Å²) >= 11 is 3.39. The molecule has 4 heteroatoms. The molecule has 0 bridgehead atoms. The average molecular weight is 394 g/mol. The van der Waals surface area contributed by atoms with Crippen LogP contribution in [0.2, 0.25) is 0 Å². The van der Waals surface area contributed by atoms with Crippen LogP contribution in [0.25, 0.3) is 0 Å². The van der Waals surface area contributed by atoms with Crippen molar-refractivity contribution in [3.63, 3.8) is 0 Å². The van der Waals surface area contributed by atoms with Gasteiger partial charge in [-0.25, -0.2) is 0 Å². The molecule has 0 spiro atoms. The van der Waals surface area contributed by atoms with E-state index in [1.165, 1.54) is 0 Å². The van der Waals surface area contributed by atoms with E-state index in [-0.39, 0.29) is 11.7 Å². The molecule has 3 aromatic carbocycles. The quantitative estimate of drug-likeness (QED) is 0.615. The Morgan fingerprint density at radius 1 is 0.840 bits per heavy atom. The van der Waals surface area contributed by atoms with E-state index < -0.39 is 0 Å². The van der Waals surface area contributed by atoms with Crippen LogP contribution in [0.4, 0.5) is 5.69 Å². The van der Waals surface area contributed by atoms with Gasteiger partial charge in [0.15, 0.2) is 5.78 Å². The molecule has 0 atom stereocenters. The van der Waals surface area contributed by atoms with Crippen LogP contribution >= 0.6 is 15.9 Å². The second-order valence-corrected chi connectivity index (χ2v) is 6.62. The number of hydrogen-bond acceptors (Lipinski definition) is 2. The number of nitrogens with one attached hydrogen (secondary N) is 1. The summed E-state index contributed by atoms with van der Waals surface area (Å²) < 4.78 is 0.778. The first-order valence-corrected chi connectivity index (χ1v) is 8.61. The van der Waals surface area contributed by atoms with E-state index >= 15 is 0 Å². The summed E-state index contributed by atoms with van der Waals surface area (Å²) in [6, 6.07) is 21.6. The minimum atomic E-state index is -0.242. The van der Waals surface area contributed by atoms with Gasteiger partial charge in [0.05, 0.1) is 5.69 Å². The molecule has 124 valence electrons. The van der Waals surface area contributed by atoms with Crippen molar-refractivity contribution < 1.29 is 9.59 Å². The predicted octanol–water partition coefficient (Wildman–Crippen LogP) is 5.24. The van der Waals surface area contributed by atoms with Crippen molar-refractivity contribution in [2.45, 2.75) is 6.92 Å². The summed E-state index contributed by atoms with van der Waals surface area (Å²) in [5, 5.41) is 2.85. The van der Waals surface area contributed by atoms with Crippen LogP contribution in [0, 0.1) is 6.92 Å². The normalized spacial score (nSPS) is 10.3. The van der Waals surface area contributed by atoms with Crippen LogP contribution in [-0.4, -0.2) is 11.7 Å². The fourth-order valence-electron chi connectivity index (χ4n) is 2.54. The van der Waals surface area contributed by atoms with Crippen molar-refractivity contribution in [3.05, 3.63) is 99.5 Å². The minimum absolute atomic E-state index is 0.138. The number of hydrogen-bond donors (Lipinski definition) is 1. The molecule has 0 saturated carbocycles. The lowest BCUT2D eigenvalue weighted by Gasteiger charge is -2.11. The van der Waals surface area contributed by atoms with Gasteiger partial charge < -0.3 is 5.32 Å². The number of carbonyl (C=O) groups excluding carboxylic acids is 2. The summed E-state index contributed by atoms with van der Waals surface area (Å²) in [6.45, 7) is 1.93. The monoisotopic (exact) mass is 393 g/mol. The number of ketones is 1. The van der Waals surface area contributed by atoms with Gasteiger partial charge >= 0.3 is 0 Å². The number of halogens is 1. The second-order valence-electron chi connectivity index (χ2n) is 5.71. The maximum atomic E-state index is 12.8. The van der Waals surface area contributed by atoms with E-state index in [0.717, 1.165) is 10.0 Å². The van der Waals surface area contributed by atoms with Crippen LogP contribution < -0.4 is 5.32 Å². The molecule has 0 aromatic heterocycles. The summed E-state index contributed by atoms with van der Waals surface area (Å²) in [5.41, 5.74) is 3.07. The van der Waals surface area contributed by atoms with Gasteiger partial charge in [-0.3, -0.25) is 9.59 Å². The van der Waals surface area contributed by atoms with Gasteiger partial charge in [-0.2, -0.15) is 0 Å². The number of aryl methyl sites for hydroxylation is 1. The van der Waals surface area contributed by atoms with Crippen molar-refractivity contribution >= 4 is 33.3 Å². The molecule has 0 saturated heterocycles. The van der Waals surface area contributed by atoms with Gasteiger partial charge in [0.25, 0.3) is 5.91 Å². The topological polar surface area (TPSA) is 46.2 Å². The van der Waals surface area contributed by atoms with E-state index in [1.54, 1.807) is 36.4 Å². The molecule has 0 aliphatic carbocycles. The lowest BCUT2D eigenvalue weighted by Crippen LogP contribution is -2.15. The average Bonchev–Trinajstić information content (AvgIpc) is 2.63. The highest BCUT2D eigenvalue weighted by Gasteiger charge is 2.16. The number of rotatable bonds is 4. The van der Waals surface area contributed by atoms with Crippen LogP contribution in [0.15, 0.2) is 77.3 Å². The van der Waals surface area contributed by atoms with Gasteiger partial charge in [0, 0.05) is 21.2 Å². The first-order chi connectivity index (χ1) is 12.0. The van der Waals surface area contributed by atoms with Crippen molar-refractivity contribution in [2.75, 3.05) is 5.32 Å². The molecule has 1 N–H and O–H groups in total. The Kier molecular flexibility index (Phi) is 5.10. The van der Waals surface area contributed by atoms with E-state index in [4.69, 9.17) is 0 Å². The van der Waals surface area contributed by atoms with Crippen LogP contribution in [0.1, 0.15) is 31.8 Å². The first-order valence-electron chi connectivity index (χ1n) is 7.82. The maximum Gasteiger partial charge on any atom is 0.255 e. The third-order valence-corrected chi connectivity index (χ3v) is 4.28. The smallest absolute Gasteiger partial charge is 0.255 e. The van der Waals surface area contributed by atoms with Crippen molar-refractivity contribution in [1.82, 2.24) is 0 Å². The molecule has 0 heterocycles. The third kappa shape index (κ3) is 4.03. The number of amides is 1. The zero-order chi connectivity index (χ0) is 17.8. The molecule has 25 heavy (non-hydrogen) atoms. The molecule has 3 nitrogen and oxygen atoms in total. The maximum absolute atomic E-state index is 12.8. The molecule has 3 rings (SSSR count). The minimum Gasteiger partial charge on any atom is -0.321 e. The molecular formula is C21H16BrNO2. The highest BCUT2D eigenvalue weighted by molar-refractivity contribution is 9.10. The predicted molar refractivity (Wildman–Crippen MR) is 103 cm³/mol. The van der Waals surface area contributed by atoms with Crippen molar-refractivity contribution in [2.24, 2.45) is 0 Å². The van der Waals surface area contributed by atoms with Gasteiger partial charge in [-0.05, 0) is 37.3 Å². The fourth-order valence-corrected chi connectivity index (χ4v) is 2.90. The van der Waals surface area contributed by atoms with Gasteiger partial charge in [0.2, 0.25) is 0 Å². The molecule has 0 aliphatic rings. The van der Waals surface area contributed by atoms with E-state index in [1.807, 2.05) is 43.3 Å². The Morgan fingerprint density at radius 2 is 1.56 bits per heavy atom. The molecule has 0 aliphatic heterocycles. The van der Waals surface area contributed by atoms with Gasteiger partial charge in [0.1, 0.15) is 0 Å². The van der Waals surface area contributed by atoms with Crippen molar-refractivity contribution in [3.8, 4) is 0 Å². The zero-order valence-corrected chi connectivity index (χ0v) is 15.2. The molecule has 1 amide bonds. The summed E-state index contributed by atoms with van der Waals surface area (Å²) in [4.78, 5) is 25.3. The molecule has 0 radical (unpaired) electrons. The second kappa shape index (κ2) is 7.45. The summed E-state index contributed by atoms with van der Waals surface area (Å²) in [5.74, 6) is -0.380. The number of carbonyl (C=O) groups is 2. The number of benzene rings is 3. The largest absolute Gasteiger partial charge is 0.321 e. The van der Waals surface area contributed by atoms with Crippen LogP contribution in [0.5, 0.6) is 0 Å². The van der Waals surface area contributed by atoms with Gasteiger partial charge in [-0.15, -0.1) is 0 Å². The summed E-state index contributed by atoms with van der Waals surface area (Å²) in [7, 11) is 0. The number of anilines is 1. The van der Waals surface area contributed by atoms with E-state index in [9.17, 15) is 9.59 Å². The Balaban J connectivity index is 1.94. The van der Waals surface area contributed by atoms with Crippen LogP contribution in [-0.2, 0) is 0 Å². The highest BCUT2D eigenvalue weighted by Crippen LogP contribution is 2.24. The first kappa shape index (κ1) is 17.1. The molecular weight excluding hydrogens is 378 g/mol. The van der Waals surface area contributed by atoms with Crippen molar-refractivity contribution in [1.29, 1.82) is 0 Å². The lowest BCUT2D eigenvalue weighted by atomic mass is 10.0. The Bertz CT molecular complexity index is 936. The van der Waals surface area contributed by atoms with Gasteiger partial charge in [-0.1, -0.05) is 64.0 Å². The van der Waals surface area contributed by atoms with E-state index in [0.29, 0.717) is 22.4 Å². The summed E-state index contributed by atoms with van der Waals surface area (Å²) in [6.07, 6.45) is 0. The third-order valence-electron chi connectivity index (χ3n) is 3.79. The lowest BCUT2D eigenvalue weighted by molar-refractivity contribution is 0.102. The van der Waals surface area contributed by atoms with E-state index in [2.05, 4.69) is 21.2 Å². The zero-order valence-electron chi connectivity index (χ0n) is 13.6. The molecule has 0 fully saturated rings. The molecule has 0 unspecified atom stereocenters. The SMILES string of the molecule is Cc1cccc(C(=O)Nc2ccc(Br)cc2C(=O)c2ccccc2)c1. The Labute approximate surface area is 154 Å². The van der Waals surface area contributed by atoms with Crippen LogP contribution in [0.3, 0.4) is 0 Å². The Hall–Kier alpha value is -2.72. The fraction of sp³-hybridized carbons (Fsp3) is 0.0476. The highest BCUT2D eigenvalue weighted by atomic mass is 79.9. The Morgan fingerprint density at radius 3 is 2.28 bits per heavy atom.